The highest BCUT2D eigenvalue weighted by atomic mass is 79.9. The molecule has 0 saturated heterocycles. The van der Waals surface area contributed by atoms with Crippen molar-refractivity contribution in [1.29, 1.82) is 5.26 Å². The van der Waals surface area contributed by atoms with Crippen LogP contribution in [0.15, 0.2) is 64.6 Å². The van der Waals surface area contributed by atoms with Gasteiger partial charge in [0.2, 0.25) is 0 Å². The molecule has 3 aromatic rings. The van der Waals surface area contributed by atoms with E-state index in [9.17, 15) is 20.2 Å². The molecule has 0 spiro atoms. The number of halogens is 1. The van der Waals surface area contributed by atoms with Crippen LogP contribution in [0.3, 0.4) is 0 Å². The summed E-state index contributed by atoms with van der Waals surface area (Å²) in [4.78, 5) is 23.0. The number of non-ortho nitro benzene ring substituents is 1. The van der Waals surface area contributed by atoms with E-state index in [2.05, 4.69) is 27.3 Å². The zero-order chi connectivity index (χ0) is 25.5. The monoisotopic (exact) mass is 535 g/mol. The van der Waals surface area contributed by atoms with Crippen LogP contribution in [-0.2, 0) is 11.4 Å². The number of methoxy groups -OCH3 is 1. The van der Waals surface area contributed by atoms with Gasteiger partial charge in [-0.1, -0.05) is 35.4 Å². The first-order valence-electron chi connectivity index (χ1n) is 10.4. The Labute approximate surface area is 211 Å². The minimum atomic E-state index is -0.696. The van der Waals surface area contributed by atoms with Gasteiger partial charge in [0.25, 0.3) is 11.6 Å². The van der Waals surface area contributed by atoms with Crippen molar-refractivity contribution in [1.82, 2.24) is 0 Å². The highest BCUT2D eigenvalue weighted by molar-refractivity contribution is 9.10. The summed E-state index contributed by atoms with van der Waals surface area (Å²) in [6, 6.07) is 16.9. The average molecular weight is 536 g/mol. The second-order valence-electron chi connectivity index (χ2n) is 7.75. The number of nitro groups is 1. The van der Waals surface area contributed by atoms with Gasteiger partial charge in [-0.05, 0) is 65.2 Å². The van der Waals surface area contributed by atoms with Gasteiger partial charge in [-0.3, -0.25) is 14.9 Å². The molecule has 1 N–H and O–H groups in total. The van der Waals surface area contributed by atoms with Crippen molar-refractivity contribution in [2.24, 2.45) is 0 Å². The smallest absolute Gasteiger partial charge is 0.271 e. The largest absolute Gasteiger partial charge is 0.493 e. The molecule has 3 rings (SSSR count). The number of hydrogen-bond acceptors (Lipinski definition) is 6. The Balaban J connectivity index is 1.82. The molecule has 1 amide bonds. The van der Waals surface area contributed by atoms with E-state index in [1.54, 1.807) is 12.1 Å². The summed E-state index contributed by atoms with van der Waals surface area (Å²) in [5.74, 6) is 0.216. The number of carbonyl (C=O) groups excluding carboxylic acids is 1. The number of nitrogens with zero attached hydrogens (tertiary/aromatic N) is 2. The van der Waals surface area contributed by atoms with Crippen LogP contribution in [0.5, 0.6) is 11.5 Å². The Hall–Kier alpha value is -4.16. The summed E-state index contributed by atoms with van der Waals surface area (Å²) < 4.78 is 12.1. The van der Waals surface area contributed by atoms with Gasteiger partial charge in [0.05, 0.1) is 16.5 Å². The predicted molar refractivity (Wildman–Crippen MR) is 136 cm³/mol. The Bertz CT molecular complexity index is 1340. The van der Waals surface area contributed by atoms with Crippen LogP contribution in [-0.4, -0.2) is 17.9 Å². The zero-order valence-corrected chi connectivity index (χ0v) is 20.9. The van der Waals surface area contributed by atoms with Crippen LogP contribution >= 0.6 is 15.9 Å². The summed E-state index contributed by atoms with van der Waals surface area (Å²) in [6.45, 7) is 4.38. The minimum Gasteiger partial charge on any atom is -0.493 e. The number of aryl methyl sites for hydroxylation is 2. The number of nitro benzene ring substituents is 1. The van der Waals surface area contributed by atoms with Gasteiger partial charge in [0.15, 0.2) is 11.5 Å². The number of nitrogens with one attached hydrogen (secondary N) is 1. The van der Waals surface area contributed by atoms with Crippen molar-refractivity contribution in [3.05, 3.63) is 97.0 Å². The van der Waals surface area contributed by atoms with Crippen LogP contribution < -0.4 is 14.8 Å². The van der Waals surface area contributed by atoms with Gasteiger partial charge in [-0.25, -0.2) is 0 Å². The topological polar surface area (TPSA) is 114 Å². The number of hydrogen-bond donors (Lipinski definition) is 1. The summed E-state index contributed by atoms with van der Waals surface area (Å²) in [5.41, 5.74) is 3.68. The fraction of sp³-hybridized carbons (Fsp3) is 0.154. The third-order valence-electron chi connectivity index (χ3n) is 4.91. The molecule has 0 unspecified atom stereocenters. The van der Waals surface area contributed by atoms with Crippen LogP contribution in [0.25, 0.3) is 6.08 Å². The lowest BCUT2D eigenvalue weighted by Crippen LogP contribution is -2.13. The molecule has 0 fully saturated rings. The number of carbonyl (C=O) groups is 1. The van der Waals surface area contributed by atoms with Gasteiger partial charge < -0.3 is 14.8 Å². The van der Waals surface area contributed by atoms with E-state index in [0.717, 1.165) is 16.7 Å². The standard InChI is InChI=1S/C26H22BrN3O5/c1-16-7-17(2)9-19(8-16)15-35-25-23(27)11-18(12-24(25)34-3)10-20(14-28)26(31)29-21-5-4-6-22(13-21)30(32)33/h4-13H,15H2,1-3H3,(H,29,31)/b20-10+. The van der Waals surface area contributed by atoms with E-state index in [1.165, 1.54) is 37.5 Å². The maximum absolute atomic E-state index is 12.6. The van der Waals surface area contributed by atoms with Gasteiger partial charge in [-0.15, -0.1) is 0 Å². The molecule has 0 heterocycles. The summed E-state index contributed by atoms with van der Waals surface area (Å²) in [6.07, 6.45) is 1.40. The highest BCUT2D eigenvalue weighted by Crippen LogP contribution is 2.38. The number of nitriles is 1. The fourth-order valence-electron chi connectivity index (χ4n) is 3.48. The molecule has 3 aromatic carbocycles. The van der Waals surface area contributed by atoms with Gasteiger partial charge in [-0.2, -0.15) is 5.26 Å². The fourth-order valence-corrected chi connectivity index (χ4v) is 4.06. The maximum Gasteiger partial charge on any atom is 0.271 e. The third-order valence-corrected chi connectivity index (χ3v) is 5.50. The quantitative estimate of drug-likeness (QED) is 0.161. The lowest BCUT2D eigenvalue weighted by Gasteiger charge is -2.14. The molecular weight excluding hydrogens is 514 g/mol. The Kier molecular flexibility index (Phi) is 8.23. The molecule has 35 heavy (non-hydrogen) atoms. The average Bonchev–Trinajstić information content (AvgIpc) is 2.81. The molecule has 0 saturated carbocycles. The molecule has 8 nitrogen and oxygen atoms in total. The van der Waals surface area contributed by atoms with Crippen molar-refractivity contribution in [3.63, 3.8) is 0 Å². The first kappa shape index (κ1) is 25.5. The Morgan fingerprint density at radius 3 is 2.51 bits per heavy atom. The van der Waals surface area contributed by atoms with Gasteiger partial charge in [0.1, 0.15) is 18.2 Å². The van der Waals surface area contributed by atoms with E-state index >= 15 is 0 Å². The van der Waals surface area contributed by atoms with E-state index < -0.39 is 10.8 Å². The minimum absolute atomic E-state index is 0.171. The van der Waals surface area contributed by atoms with E-state index in [-0.39, 0.29) is 16.9 Å². The molecular formula is C26H22BrN3O5. The SMILES string of the molecule is COc1cc(/C=C(\C#N)C(=O)Nc2cccc([N+](=O)[O-])c2)cc(Br)c1OCc1cc(C)cc(C)c1. The highest BCUT2D eigenvalue weighted by Gasteiger charge is 2.15. The molecule has 0 aliphatic carbocycles. The number of ether oxygens (including phenoxy) is 2. The lowest BCUT2D eigenvalue weighted by molar-refractivity contribution is -0.384. The molecule has 0 aliphatic heterocycles. The van der Waals surface area contributed by atoms with E-state index in [4.69, 9.17) is 9.47 Å². The predicted octanol–water partition coefficient (Wildman–Crippen LogP) is 6.11. The van der Waals surface area contributed by atoms with Crippen molar-refractivity contribution >= 4 is 39.3 Å². The number of rotatable bonds is 8. The maximum atomic E-state index is 12.6. The van der Waals surface area contributed by atoms with Gasteiger partial charge in [0, 0.05) is 17.8 Å². The zero-order valence-electron chi connectivity index (χ0n) is 19.3. The van der Waals surface area contributed by atoms with E-state index in [0.29, 0.717) is 28.1 Å². The third kappa shape index (κ3) is 6.68. The van der Waals surface area contributed by atoms with Crippen molar-refractivity contribution < 1.29 is 19.2 Å². The lowest BCUT2D eigenvalue weighted by atomic mass is 10.1. The number of benzene rings is 3. The second-order valence-corrected chi connectivity index (χ2v) is 8.60. The molecule has 0 aromatic heterocycles. The normalized spacial score (nSPS) is 10.9. The molecule has 0 atom stereocenters. The van der Waals surface area contributed by atoms with Gasteiger partial charge >= 0.3 is 0 Å². The first-order valence-corrected chi connectivity index (χ1v) is 11.2. The van der Waals surface area contributed by atoms with Crippen LogP contribution in [0.2, 0.25) is 0 Å². The summed E-state index contributed by atoms with van der Waals surface area (Å²) in [5, 5.41) is 23.0. The first-order chi connectivity index (χ1) is 16.7. The Morgan fingerprint density at radius 1 is 1.17 bits per heavy atom. The molecule has 0 bridgehead atoms. The van der Waals surface area contributed by atoms with E-state index in [1.807, 2.05) is 32.0 Å². The van der Waals surface area contributed by atoms with Crippen molar-refractivity contribution in [3.8, 4) is 17.6 Å². The molecule has 0 aliphatic rings. The van der Waals surface area contributed by atoms with Crippen molar-refractivity contribution in [2.75, 3.05) is 12.4 Å². The molecule has 0 radical (unpaired) electrons. The number of anilines is 1. The molecule has 9 heteroatoms. The van der Waals surface area contributed by atoms with Crippen LogP contribution in [0.1, 0.15) is 22.3 Å². The van der Waals surface area contributed by atoms with Crippen molar-refractivity contribution in [2.45, 2.75) is 20.5 Å². The Morgan fingerprint density at radius 2 is 1.89 bits per heavy atom. The summed E-state index contributed by atoms with van der Waals surface area (Å²) >= 11 is 3.48. The second kappa shape index (κ2) is 11.3. The molecule has 178 valence electrons. The van der Waals surface area contributed by atoms with Crippen LogP contribution in [0.4, 0.5) is 11.4 Å². The summed E-state index contributed by atoms with van der Waals surface area (Å²) in [7, 11) is 1.50. The van der Waals surface area contributed by atoms with Crippen LogP contribution in [0, 0.1) is 35.3 Å². The number of amides is 1.